The van der Waals surface area contributed by atoms with Gasteiger partial charge in [-0.25, -0.2) is 8.60 Å². The predicted molar refractivity (Wildman–Crippen MR) is 234 cm³/mol. The summed E-state index contributed by atoms with van der Waals surface area (Å²) >= 11 is 6.24. The van der Waals surface area contributed by atoms with Gasteiger partial charge < -0.3 is 24.7 Å². The molecule has 314 valence electrons. The fourth-order valence-corrected chi connectivity index (χ4v) is 9.22. The number of rotatable bonds is 12. The molecular formula is C45H48ClFN6O6S. The minimum atomic E-state index is -2.18. The molecule has 60 heavy (non-hydrogen) atoms. The summed E-state index contributed by atoms with van der Waals surface area (Å²) in [5.41, 5.74) is 5.76. The number of aromatic nitrogens is 1. The van der Waals surface area contributed by atoms with E-state index >= 15 is 4.39 Å². The van der Waals surface area contributed by atoms with Crippen molar-refractivity contribution >= 4 is 62.0 Å². The van der Waals surface area contributed by atoms with Crippen LogP contribution in [0.3, 0.4) is 0 Å². The van der Waals surface area contributed by atoms with Gasteiger partial charge in [0.1, 0.15) is 11.4 Å². The second-order valence-corrected chi connectivity index (χ2v) is 18.1. The van der Waals surface area contributed by atoms with E-state index in [1.54, 1.807) is 36.5 Å². The summed E-state index contributed by atoms with van der Waals surface area (Å²) in [6.07, 6.45) is 6.29. The predicted octanol–water partition coefficient (Wildman–Crippen LogP) is 9.49. The molecule has 1 amide bonds. The van der Waals surface area contributed by atoms with Crippen molar-refractivity contribution in [2.45, 2.75) is 56.9 Å². The summed E-state index contributed by atoms with van der Waals surface area (Å²) in [5, 5.41) is 16.7. The van der Waals surface area contributed by atoms with Crippen molar-refractivity contribution in [2.24, 2.45) is 5.41 Å². The van der Waals surface area contributed by atoms with Crippen molar-refractivity contribution in [1.29, 1.82) is 0 Å². The minimum Gasteiger partial charge on any atom is -0.453 e. The Balaban J connectivity index is 1.01. The number of anilines is 2. The number of halogens is 2. The van der Waals surface area contributed by atoms with Gasteiger partial charge in [0, 0.05) is 98.0 Å². The van der Waals surface area contributed by atoms with Gasteiger partial charge in [-0.3, -0.25) is 24.5 Å². The second kappa shape index (κ2) is 17.7. The van der Waals surface area contributed by atoms with Crippen LogP contribution in [0.25, 0.3) is 16.5 Å². The first-order valence-corrected chi connectivity index (χ1v) is 21.8. The van der Waals surface area contributed by atoms with Gasteiger partial charge in [0.05, 0.1) is 15.4 Å². The minimum absolute atomic E-state index is 0.00237. The molecule has 1 unspecified atom stereocenters. The largest absolute Gasteiger partial charge is 0.453 e. The van der Waals surface area contributed by atoms with Crippen molar-refractivity contribution in [1.82, 2.24) is 14.6 Å². The lowest BCUT2D eigenvalue weighted by molar-refractivity contribution is -0.384. The van der Waals surface area contributed by atoms with E-state index in [1.165, 1.54) is 41.0 Å². The molecule has 3 N–H and O–H groups in total. The Bertz CT molecular complexity index is 2460. The summed E-state index contributed by atoms with van der Waals surface area (Å²) in [6, 6.07) is 22.1. The van der Waals surface area contributed by atoms with E-state index in [4.69, 9.17) is 21.1 Å². The van der Waals surface area contributed by atoms with E-state index in [-0.39, 0.29) is 39.1 Å². The number of nitro groups is 1. The number of allylic oxidation sites excluding steroid dienone is 1. The summed E-state index contributed by atoms with van der Waals surface area (Å²) in [5.74, 6) is -1.39. The number of carbonyl (C=O) groups excluding carboxylic acids is 1. The topological polar surface area (TPSA) is 142 Å². The van der Waals surface area contributed by atoms with Crippen LogP contribution in [0.4, 0.5) is 21.5 Å². The molecule has 0 bridgehead atoms. The summed E-state index contributed by atoms with van der Waals surface area (Å²) < 4.78 is 43.1. The highest BCUT2D eigenvalue weighted by molar-refractivity contribution is 7.83. The number of nitro benzene ring substituents is 1. The Hall–Kier alpha value is -5.28. The standard InChI is InChI=1S/C45H48ClFN6O6S/c1-45(2)15-11-31(37(27-45)29-3-5-32(46)6-4-29)28-51-17-19-52(20-18-51)34-7-9-36(42(24-34)59-43-23-30-12-16-48-40(30)26-38(43)47)44(54)50-60(57)35-8-10-39(41(25-35)53(55)56)49-33-13-21-58-22-14-33/h3-10,12,16,23-26,33,48-49H,11,13-15,17-22,27-28H2,1-2H3,(H,50,54). The average Bonchev–Trinajstić information content (AvgIpc) is 3.69. The number of fused-ring (bicyclic) bond motifs is 1. The molecule has 2 saturated heterocycles. The Morgan fingerprint density at radius 2 is 1.78 bits per heavy atom. The lowest BCUT2D eigenvalue weighted by Crippen LogP contribution is -2.47. The fourth-order valence-electron chi connectivity index (χ4n) is 8.29. The number of piperazine rings is 1. The smallest absolute Gasteiger partial charge is 0.293 e. The van der Waals surface area contributed by atoms with Crippen LogP contribution in [-0.4, -0.2) is 76.9 Å². The molecule has 2 aliphatic heterocycles. The number of benzene rings is 4. The Kier molecular flexibility index (Phi) is 12.3. The number of ether oxygens (including phenoxy) is 2. The van der Waals surface area contributed by atoms with Crippen LogP contribution >= 0.6 is 11.6 Å². The first kappa shape index (κ1) is 41.5. The van der Waals surface area contributed by atoms with Crippen LogP contribution in [0.2, 0.25) is 5.02 Å². The first-order chi connectivity index (χ1) is 28.9. The zero-order valence-electron chi connectivity index (χ0n) is 33.6. The maximum Gasteiger partial charge on any atom is 0.293 e. The second-order valence-electron chi connectivity index (χ2n) is 16.5. The van der Waals surface area contributed by atoms with Gasteiger partial charge in [-0.1, -0.05) is 43.2 Å². The van der Waals surface area contributed by atoms with Crippen LogP contribution in [0.15, 0.2) is 95.5 Å². The van der Waals surface area contributed by atoms with Crippen LogP contribution in [0, 0.1) is 21.3 Å². The number of H-pyrrole nitrogens is 1. The molecule has 4 aromatic carbocycles. The maximum absolute atomic E-state index is 15.4. The number of hydrogen-bond donors (Lipinski definition) is 3. The third-order valence-electron chi connectivity index (χ3n) is 11.7. The van der Waals surface area contributed by atoms with Crippen LogP contribution in [0.5, 0.6) is 11.5 Å². The summed E-state index contributed by atoms with van der Waals surface area (Å²) in [4.78, 5) is 33.1. The van der Waals surface area contributed by atoms with Crippen LogP contribution < -0.4 is 19.7 Å². The molecular weight excluding hydrogens is 807 g/mol. The molecule has 12 nitrogen and oxygen atoms in total. The van der Waals surface area contributed by atoms with E-state index in [0.717, 1.165) is 55.0 Å². The van der Waals surface area contributed by atoms with E-state index in [0.29, 0.717) is 50.3 Å². The number of nitrogens with zero attached hydrogens (tertiary/aromatic N) is 3. The third-order valence-corrected chi connectivity index (χ3v) is 13.0. The normalized spacial score (nSPS) is 18.0. The van der Waals surface area contributed by atoms with Crippen LogP contribution in [-0.2, 0) is 15.7 Å². The number of amides is 1. The Labute approximate surface area is 355 Å². The molecule has 1 aromatic heterocycles. The average molecular weight is 855 g/mol. The highest BCUT2D eigenvalue weighted by Gasteiger charge is 2.30. The lowest BCUT2D eigenvalue weighted by Gasteiger charge is -2.39. The number of hydrogen-bond acceptors (Lipinski definition) is 9. The Morgan fingerprint density at radius 3 is 2.53 bits per heavy atom. The van der Waals surface area contributed by atoms with Crippen molar-refractivity contribution in [3.63, 3.8) is 0 Å². The Morgan fingerprint density at radius 1 is 1.02 bits per heavy atom. The molecule has 3 aliphatic rings. The van der Waals surface area contributed by atoms with Crippen molar-refractivity contribution < 1.29 is 27.8 Å². The van der Waals surface area contributed by atoms with Crippen LogP contribution in [0.1, 0.15) is 61.9 Å². The third kappa shape index (κ3) is 9.52. The zero-order chi connectivity index (χ0) is 42.0. The summed E-state index contributed by atoms with van der Waals surface area (Å²) in [7, 11) is -2.18. The number of aromatic amines is 1. The van der Waals surface area contributed by atoms with Crippen molar-refractivity contribution in [2.75, 3.05) is 56.2 Å². The number of carbonyl (C=O) groups is 1. The quantitative estimate of drug-likeness (QED) is 0.0827. The van der Waals surface area contributed by atoms with Gasteiger partial charge >= 0.3 is 0 Å². The van der Waals surface area contributed by atoms with E-state index in [2.05, 4.69) is 50.8 Å². The molecule has 0 saturated carbocycles. The molecule has 2 fully saturated rings. The van der Waals surface area contributed by atoms with Gasteiger partial charge in [-0.15, -0.1) is 0 Å². The first-order valence-electron chi connectivity index (χ1n) is 20.3. The molecule has 1 atom stereocenters. The fraction of sp³-hybridized carbons (Fsp3) is 0.356. The van der Waals surface area contributed by atoms with Gasteiger partial charge in [-0.05, 0) is 97.2 Å². The molecule has 0 radical (unpaired) electrons. The van der Waals surface area contributed by atoms with Crippen molar-refractivity contribution in [3.05, 3.63) is 123 Å². The highest BCUT2D eigenvalue weighted by Crippen LogP contribution is 2.43. The van der Waals surface area contributed by atoms with E-state index in [9.17, 15) is 19.1 Å². The van der Waals surface area contributed by atoms with Gasteiger partial charge in [0.25, 0.3) is 11.6 Å². The molecule has 8 rings (SSSR count). The van der Waals surface area contributed by atoms with E-state index in [1.807, 2.05) is 12.1 Å². The zero-order valence-corrected chi connectivity index (χ0v) is 35.2. The SMILES string of the molecule is CC1(C)CCC(CN2CCN(c3ccc(C(=O)NS(=O)c4ccc(NC5CCOCC5)c([N+](=O)[O-])c4)c(Oc4cc5cc[nH]c5cc4F)c3)CC2)=C(c2ccc(Cl)cc2)C1. The molecule has 3 heterocycles. The highest BCUT2D eigenvalue weighted by atomic mass is 35.5. The van der Waals surface area contributed by atoms with Crippen molar-refractivity contribution in [3.8, 4) is 11.5 Å². The van der Waals surface area contributed by atoms with Gasteiger partial charge in [0.2, 0.25) is 0 Å². The van der Waals surface area contributed by atoms with Gasteiger partial charge in [-0.2, -0.15) is 0 Å². The number of nitrogens with one attached hydrogen (secondary N) is 3. The molecule has 1 aliphatic carbocycles. The van der Waals surface area contributed by atoms with Gasteiger partial charge in [0.15, 0.2) is 22.6 Å². The molecule has 15 heteroatoms. The summed E-state index contributed by atoms with van der Waals surface area (Å²) in [6.45, 7) is 9.71. The molecule has 0 spiro atoms. The monoisotopic (exact) mass is 854 g/mol. The lowest BCUT2D eigenvalue weighted by atomic mass is 9.72. The van der Waals surface area contributed by atoms with E-state index < -0.39 is 27.6 Å². The molecule has 5 aromatic rings. The maximum atomic E-state index is 15.4.